The number of allylic oxidation sites excluding steroid dienone is 1. The molecule has 0 N–H and O–H groups in total. The van der Waals surface area contributed by atoms with Crippen LogP contribution < -0.4 is 0 Å². The smallest absolute Gasteiger partial charge is 0.174 e. The van der Waals surface area contributed by atoms with Crippen molar-refractivity contribution in [1.82, 2.24) is 0 Å². The predicted octanol–water partition coefficient (Wildman–Crippen LogP) is 3.87. The number of thioether (sulfide) groups is 1. The summed E-state index contributed by atoms with van der Waals surface area (Å²) >= 11 is 1.64. The SMILES string of the molecule is O=C1CSC(c2ccccc2)=C1c1ccccc1. The highest BCUT2D eigenvalue weighted by molar-refractivity contribution is 8.10. The summed E-state index contributed by atoms with van der Waals surface area (Å²) in [6.07, 6.45) is 0. The van der Waals surface area contributed by atoms with Crippen LogP contribution >= 0.6 is 11.8 Å². The highest BCUT2D eigenvalue weighted by Crippen LogP contribution is 2.41. The Morgan fingerprint density at radius 3 is 1.94 bits per heavy atom. The molecule has 0 aliphatic carbocycles. The highest BCUT2D eigenvalue weighted by atomic mass is 32.2. The molecule has 1 nitrogen and oxygen atoms in total. The lowest BCUT2D eigenvalue weighted by Gasteiger charge is -2.05. The second-order valence-electron chi connectivity index (χ2n) is 4.15. The van der Waals surface area contributed by atoms with E-state index in [9.17, 15) is 4.79 Å². The van der Waals surface area contributed by atoms with Crippen molar-refractivity contribution in [2.75, 3.05) is 5.75 Å². The van der Waals surface area contributed by atoms with Gasteiger partial charge in [0.15, 0.2) is 5.78 Å². The first-order valence-corrected chi connectivity index (χ1v) is 6.86. The molecule has 1 aliphatic rings. The first-order valence-electron chi connectivity index (χ1n) is 5.87. The molecule has 0 aromatic heterocycles. The first kappa shape index (κ1) is 11.3. The zero-order valence-electron chi connectivity index (χ0n) is 9.80. The third-order valence-electron chi connectivity index (χ3n) is 2.95. The second kappa shape index (κ2) is 4.83. The van der Waals surface area contributed by atoms with E-state index in [2.05, 4.69) is 12.1 Å². The molecule has 0 atom stereocenters. The molecular weight excluding hydrogens is 240 g/mol. The average molecular weight is 252 g/mol. The zero-order chi connectivity index (χ0) is 12.4. The highest BCUT2D eigenvalue weighted by Gasteiger charge is 2.25. The summed E-state index contributed by atoms with van der Waals surface area (Å²) in [7, 11) is 0. The number of benzene rings is 2. The van der Waals surface area contributed by atoms with Crippen molar-refractivity contribution in [2.45, 2.75) is 0 Å². The molecule has 0 saturated heterocycles. The molecule has 0 bridgehead atoms. The standard InChI is InChI=1S/C16H12OS/c17-14-11-18-16(13-9-5-2-6-10-13)15(14)12-7-3-1-4-8-12/h1-10H,11H2. The lowest BCUT2D eigenvalue weighted by molar-refractivity contribution is -0.111. The minimum absolute atomic E-state index is 0.227. The Labute approximate surface area is 111 Å². The van der Waals surface area contributed by atoms with E-state index < -0.39 is 0 Å². The molecule has 0 unspecified atom stereocenters. The maximum absolute atomic E-state index is 12.1. The van der Waals surface area contributed by atoms with Gasteiger partial charge in [-0.25, -0.2) is 0 Å². The van der Waals surface area contributed by atoms with E-state index in [0.29, 0.717) is 5.75 Å². The van der Waals surface area contributed by atoms with E-state index in [0.717, 1.165) is 21.6 Å². The van der Waals surface area contributed by atoms with Crippen molar-refractivity contribution in [3.63, 3.8) is 0 Å². The third kappa shape index (κ3) is 2.00. The summed E-state index contributed by atoms with van der Waals surface area (Å²) in [6.45, 7) is 0. The molecular formula is C16H12OS. The molecule has 3 rings (SSSR count). The average Bonchev–Trinajstić information content (AvgIpc) is 2.83. The Balaban J connectivity index is 2.16. The Morgan fingerprint density at radius 2 is 1.33 bits per heavy atom. The maximum Gasteiger partial charge on any atom is 0.174 e. The molecule has 0 spiro atoms. The molecule has 2 heteroatoms. The summed E-state index contributed by atoms with van der Waals surface area (Å²) in [5.74, 6) is 0.777. The van der Waals surface area contributed by atoms with Gasteiger partial charge in [-0.05, 0) is 11.1 Å². The van der Waals surface area contributed by atoms with E-state index in [1.54, 1.807) is 11.8 Å². The monoisotopic (exact) mass is 252 g/mol. The van der Waals surface area contributed by atoms with Crippen molar-refractivity contribution >= 4 is 28.0 Å². The number of hydrogen-bond acceptors (Lipinski definition) is 2. The fourth-order valence-electron chi connectivity index (χ4n) is 2.12. The van der Waals surface area contributed by atoms with Crippen molar-refractivity contribution in [3.05, 3.63) is 71.8 Å². The van der Waals surface area contributed by atoms with Crippen LogP contribution in [0.4, 0.5) is 0 Å². The van der Waals surface area contributed by atoms with Gasteiger partial charge >= 0.3 is 0 Å². The van der Waals surface area contributed by atoms with Crippen LogP contribution in [0.25, 0.3) is 10.5 Å². The van der Waals surface area contributed by atoms with E-state index in [1.165, 1.54) is 0 Å². The van der Waals surface area contributed by atoms with Gasteiger partial charge in [0.05, 0.1) is 5.75 Å². The first-order chi connectivity index (χ1) is 8.86. The van der Waals surface area contributed by atoms with Crippen molar-refractivity contribution < 1.29 is 4.79 Å². The molecule has 2 aromatic rings. The molecule has 0 fully saturated rings. The summed E-state index contributed by atoms with van der Waals surface area (Å²) in [5, 5.41) is 0. The molecule has 88 valence electrons. The molecule has 2 aromatic carbocycles. The largest absolute Gasteiger partial charge is 0.293 e. The van der Waals surface area contributed by atoms with Crippen LogP contribution in [0.15, 0.2) is 60.7 Å². The van der Waals surface area contributed by atoms with Crippen LogP contribution in [0.2, 0.25) is 0 Å². The maximum atomic E-state index is 12.1. The van der Waals surface area contributed by atoms with Gasteiger partial charge < -0.3 is 0 Å². The van der Waals surface area contributed by atoms with Crippen LogP contribution in [0, 0.1) is 0 Å². The Morgan fingerprint density at radius 1 is 0.778 bits per heavy atom. The molecule has 1 aliphatic heterocycles. The van der Waals surface area contributed by atoms with Gasteiger partial charge in [-0.15, -0.1) is 11.8 Å². The fourth-order valence-corrected chi connectivity index (χ4v) is 3.22. The van der Waals surface area contributed by atoms with Gasteiger partial charge in [-0.3, -0.25) is 4.79 Å². The van der Waals surface area contributed by atoms with Crippen molar-refractivity contribution in [1.29, 1.82) is 0 Å². The number of hydrogen-bond donors (Lipinski definition) is 0. The quantitative estimate of drug-likeness (QED) is 0.807. The van der Waals surface area contributed by atoms with E-state index in [-0.39, 0.29) is 5.78 Å². The Hall–Kier alpha value is -1.80. The lowest BCUT2D eigenvalue weighted by atomic mass is 10.00. The van der Waals surface area contributed by atoms with Crippen molar-refractivity contribution in [3.8, 4) is 0 Å². The molecule has 1 heterocycles. The van der Waals surface area contributed by atoms with Gasteiger partial charge in [0.2, 0.25) is 0 Å². The van der Waals surface area contributed by atoms with E-state index in [4.69, 9.17) is 0 Å². The summed E-state index contributed by atoms with van der Waals surface area (Å²) in [6, 6.07) is 20.1. The lowest BCUT2D eigenvalue weighted by Crippen LogP contribution is -1.98. The normalized spacial score (nSPS) is 15.2. The number of Topliss-reactive ketones (excluding diaryl/α,β-unsaturated/α-hetero) is 1. The van der Waals surface area contributed by atoms with Crippen LogP contribution in [0.1, 0.15) is 11.1 Å². The Bertz CT molecular complexity index is 600. The van der Waals surface area contributed by atoms with Gasteiger partial charge in [-0.2, -0.15) is 0 Å². The predicted molar refractivity (Wildman–Crippen MR) is 77.2 cm³/mol. The van der Waals surface area contributed by atoms with Gasteiger partial charge in [-0.1, -0.05) is 60.7 Å². The van der Waals surface area contributed by atoms with Crippen LogP contribution in [-0.2, 0) is 4.79 Å². The number of rotatable bonds is 2. The molecule has 18 heavy (non-hydrogen) atoms. The molecule has 0 amide bonds. The Kier molecular flexibility index (Phi) is 3.03. The van der Waals surface area contributed by atoms with E-state index >= 15 is 0 Å². The van der Waals surface area contributed by atoms with Gasteiger partial charge in [0, 0.05) is 10.5 Å². The second-order valence-corrected chi connectivity index (χ2v) is 5.13. The molecule has 0 saturated carbocycles. The minimum Gasteiger partial charge on any atom is -0.293 e. The summed E-state index contributed by atoms with van der Waals surface area (Å²) < 4.78 is 0. The minimum atomic E-state index is 0.227. The van der Waals surface area contributed by atoms with Crippen molar-refractivity contribution in [2.24, 2.45) is 0 Å². The van der Waals surface area contributed by atoms with Crippen LogP contribution in [-0.4, -0.2) is 11.5 Å². The summed E-state index contributed by atoms with van der Waals surface area (Å²) in [4.78, 5) is 13.2. The van der Waals surface area contributed by atoms with Crippen LogP contribution in [0.5, 0.6) is 0 Å². The summed E-state index contributed by atoms with van der Waals surface area (Å²) in [5.41, 5.74) is 3.02. The number of carbonyl (C=O) groups is 1. The zero-order valence-corrected chi connectivity index (χ0v) is 10.6. The fraction of sp³-hybridized carbons (Fsp3) is 0.0625. The molecule has 0 radical (unpaired) electrons. The van der Waals surface area contributed by atoms with Gasteiger partial charge in [0.25, 0.3) is 0 Å². The van der Waals surface area contributed by atoms with Crippen LogP contribution in [0.3, 0.4) is 0 Å². The van der Waals surface area contributed by atoms with Gasteiger partial charge in [0.1, 0.15) is 0 Å². The van der Waals surface area contributed by atoms with E-state index in [1.807, 2.05) is 48.5 Å². The number of ketones is 1. The number of carbonyl (C=O) groups excluding carboxylic acids is 1. The topological polar surface area (TPSA) is 17.1 Å². The third-order valence-corrected chi connectivity index (χ3v) is 4.09.